The van der Waals surface area contributed by atoms with Gasteiger partial charge in [-0.05, 0) is 43.1 Å². The van der Waals surface area contributed by atoms with Gasteiger partial charge in [-0.3, -0.25) is 14.7 Å². The first kappa shape index (κ1) is 17.4. The second-order valence-corrected chi connectivity index (χ2v) is 6.36. The maximum Gasteiger partial charge on any atom is 0.254 e. The maximum absolute atomic E-state index is 12.8. The van der Waals surface area contributed by atoms with Crippen molar-refractivity contribution in [2.45, 2.75) is 18.5 Å². The van der Waals surface area contributed by atoms with Gasteiger partial charge in [0.05, 0.1) is 13.2 Å². The number of amides is 1. The topological polar surface area (TPSA) is 89.3 Å². The lowest BCUT2D eigenvalue weighted by Crippen LogP contribution is -2.47. The van der Waals surface area contributed by atoms with E-state index in [0.29, 0.717) is 31.8 Å². The van der Waals surface area contributed by atoms with Crippen LogP contribution in [0.1, 0.15) is 22.6 Å². The average molecular weight is 345 g/mol. The van der Waals surface area contributed by atoms with Gasteiger partial charge in [-0.2, -0.15) is 0 Å². The van der Waals surface area contributed by atoms with Gasteiger partial charge in [0.1, 0.15) is 5.54 Å². The summed E-state index contributed by atoms with van der Waals surface area (Å²) in [6, 6.07) is 3.47. The van der Waals surface area contributed by atoms with Crippen molar-refractivity contribution >= 4 is 5.91 Å². The molecule has 0 radical (unpaired) electrons. The fraction of sp³-hybridized carbons (Fsp3) is 0.562. The highest BCUT2D eigenvalue weighted by Gasteiger charge is 2.47. The second-order valence-electron chi connectivity index (χ2n) is 6.36. The van der Waals surface area contributed by atoms with Gasteiger partial charge >= 0.3 is 0 Å². The molecular weight excluding hydrogens is 322 g/mol. The van der Waals surface area contributed by atoms with Crippen LogP contribution in [0, 0.1) is 0 Å². The van der Waals surface area contributed by atoms with E-state index in [9.17, 15) is 4.79 Å². The number of nitrogens with zero attached hydrogens (tertiary/aromatic N) is 7. The molecule has 2 aromatic heterocycles. The lowest BCUT2D eigenvalue weighted by atomic mass is 9.96. The van der Waals surface area contributed by atoms with Gasteiger partial charge in [-0.1, -0.05) is 0 Å². The summed E-state index contributed by atoms with van der Waals surface area (Å²) in [6.45, 7) is 2.29. The molecule has 1 unspecified atom stereocenters. The SMILES string of the molecule is COCCn1nnnc1C1(N(C)C)CCN(C(=O)c2ccncc2)C1. The van der Waals surface area contributed by atoms with Crippen LogP contribution in [0.5, 0.6) is 0 Å². The third-order valence-electron chi connectivity index (χ3n) is 4.77. The molecule has 1 aliphatic heterocycles. The van der Waals surface area contributed by atoms with E-state index in [2.05, 4.69) is 25.4 Å². The Kier molecular flexibility index (Phi) is 5.05. The lowest BCUT2D eigenvalue weighted by Gasteiger charge is -2.34. The first-order valence-electron chi connectivity index (χ1n) is 8.21. The van der Waals surface area contributed by atoms with Crippen LogP contribution in [0.4, 0.5) is 0 Å². The number of rotatable bonds is 6. The quantitative estimate of drug-likeness (QED) is 0.729. The Bertz CT molecular complexity index is 718. The van der Waals surface area contributed by atoms with Crippen LogP contribution in [0.15, 0.2) is 24.5 Å². The normalized spacial score (nSPS) is 20.4. The molecular formula is C16H23N7O2. The number of carbonyl (C=O) groups excluding carboxylic acids is 1. The summed E-state index contributed by atoms with van der Waals surface area (Å²) < 4.78 is 6.91. The third kappa shape index (κ3) is 3.24. The molecule has 1 fully saturated rings. The van der Waals surface area contributed by atoms with E-state index >= 15 is 0 Å². The van der Waals surface area contributed by atoms with Crippen molar-refractivity contribution in [3.8, 4) is 0 Å². The molecule has 2 aromatic rings. The van der Waals surface area contributed by atoms with Crippen LogP contribution in [0.25, 0.3) is 0 Å². The standard InChI is InChI=1S/C16H23N7O2/c1-21(2)16(15-18-19-20-23(15)10-11-25-3)6-9-22(12-16)14(24)13-4-7-17-8-5-13/h4-5,7-8H,6,9-12H2,1-3H3. The number of pyridine rings is 1. The first-order valence-corrected chi connectivity index (χ1v) is 8.21. The molecule has 134 valence electrons. The molecule has 0 N–H and O–H groups in total. The molecule has 0 aromatic carbocycles. The molecule has 25 heavy (non-hydrogen) atoms. The van der Waals surface area contributed by atoms with Gasteiger partial charge in [-0.25, -0.2) is 4.68 Å². The predicted molar refractivity (Wildman–Crippen MR) is 89.8 cm³/mol. The molecule has 1 saturated heterocycles. The summed E-state index contributed by atoms with van der Waals surface area (Å²) in [5.41, 5.74) is 0.225. The predicted octanol–water partition coefficient (Wildman–Crippen LogP) is 0.0175. The van der Waals surface area contributed by atoms with Crippen molar-refractivity contribution in [3.05, 3.63) is 35.9 Å². The Morgan fingerprint density at radius 2 is 2.12 bits per heavy atom. The number of tetrazole rings is 1. The van der Waals surface area contributed by atoms with Gasteiger partial charge in [-0.15, -0.1) is 5.10 Å². The molecule has 0 bridgehead atoms. The first-order chi connectivity index (χ1) is 12.1. The van der Waals surface area contributed by atoms with Crippen molar-refractivity contribution < 1.29 is 9.53 Å². The number of likely N-dealkylation sites (N-methyl/N-ethyl adjacent to an activating group) is 1. The highest BCUT2D eigenvalue weighted by molar-refractivity contribution is 5.94. The zero-order valence-electron chi connectivity index (χ0n) is 14.8. The second kappa shape index (κ2) is 7.24. The van der Waals surface area contributed by atoms with Crippen molar-refractivity contribution in [2.75, 3.05) is 40.9 Å². The molecule has 3 rings (SSSR count). The van der Waals surface area contributed by atoms with Crippen molar-refractivity contribution in [2.24, 2.45) is 0 Å². The van der Waals surface area contributed by atoms with E-state index < -0.39 is 5.54 Å². The van der Waals surface area contributed by atoms with E-state index in [1.54, 1.807) is 36.3 Å². The number of hydrogen-bond donors (Lipinski definition) is 0. The van der Waals surface area contributed by atoms with Gasteiger partial charge in [0.2, 0.25) is 0 Å². The van der Waals surface area contributed by atoms with Gasteiger partial charge in [0.25, 0.3) is 5.91 Å². The summed E-state index contributed by atoms with van der Waals surface area (Å²) >= 11 is 0. The Balaban J connectivity index is 1.86. The van der Waals surface area contributed by atoms with Crippen LogP contribution in [0.2, 0.25) is 0 Å². The van der Waals surface area contributed by atoms with Crippen LogP contribution in [0.3, 0.4) is 0 Å². The molecule has 0 spiro atoms. The zero-order chi connectivity index (χ0) is 17.9. The fourth-order valence-corrected chi connectivity index (χ4v) is 3.26. The minimum Gasteiger partial charge on any atom is -0.383 e. The van der Waals surface area contributed by atoms with Gasteiger partial charge < -0.3 is 9.64 Å². The van der Waals surface area contributed by atoms with Crippen LogP contribution in [-0.2, 0) is 16.8 Å². The molecule has 9 nitrogen and oxygen atoms in total. The number of hydrogen-bond acceptors (Lipinski definition) is 7. The molecule has 0 aliphatic carbocycles. The average Bonchev–Trinajstić information content (AvgIpc) is 3.27. The largest absolute Gasteiger partial charge is 0.383 e. The molecule has 9 heteroatoms. The molecule has 3 heterocycles. The number of methoxy groups -OCH3 is 1. The fourth-order valence-electron chi connectivity index (χ4n) is 3.26. The van der Waals surface area contributed by atoms with Crippen LogP contribution >= 0.6 is 0 Å². The van der Waals surface area contributed by atoms with E-state index in [1.807, 2.05) is 19.0 Å². The van der Waals surface area contributed by atoms with E-state index in [4.69, 9.17) is 4.74 Å². The van der Waals surface area contributed by atoms with Crippen molar-refractivity contribution in [1.29, 1.82) is 0 Å². The van der Waals surface area contributed by atoms with Crippen molar-refractivity contribution in [1.82, 2.24) is 35.0 Å². The Morgan fingerprint density at radius 1 is 1.36 bits per heavy atom. The van der Waals surface area contributed by atoms with E-state index in [0.717, 1.165) is 12.2 Å². The minimum atomic E-state index is -0.417. The number of carbonyl (C=O) groups is 1. The molecule has 1 aliphatic rings. The Hall–Kier alpha value is -2.39. The summed E-state index contributed by atoms with van der Waals surface area (Å²) in [5, 5.41) is 12.2. The van der Waals surface area contributed by atoms with Crippen molar-refractivity contribution in [3.63, 3.8) is 0 Å². The highest BCUT2D eigenvalue weighted by Crippen LogP contribution is 2.35. The van der Waals surface area contributed by atoms with Crippen LogP contribution in [-0.4, -0.2) is 81.8 Å². The summed E-state index contributed by atoms with van der Waals surface area (Å²) in [5.74, 6) is 0.765. The van der Waals surface area contributed by atoms with Crippen LogP contribution < -0.4 is 0 Å². The Labute approximate surface area is 146 Å². The van der Waals surface area contributed by atoms with Gasteiger partial charge in [0.15, 0.2) is 5.82 Å². The third-order valence-corrected chi connectivity index (χ3v) is 4.77. The smallest absolute Gasteiger partial charge is 0.254 e. The van der Waals surface area contributed by atoms with E-state index in [-0.39, 0.29) is 5.91 Å². The number of likely N-dealkylation sites (tertiary alicyclic amines) is 1. The molecule has 0 saturated carbocycles. The number of ether oxygens (including phenoxy) is 1. The summed E-state index contributed by atoms with van der Waals surface area (Å²) in [7, 11) is 5.64. The van der Waals surface area contributed by atoms with E-state index in [1.165, 1.54) is 0 Å². The number of aromatic nitrogens is 5. The summed E-state index contributed by atoms with van der Waals surface area (Å²) in [4.78, 5) is 20.7. The molecule has 1 amide bonds. The lowest BCUT2D eigenvalue weighted by molar-refractivity contribution is 0.0736. The minimum absolute atomic E-state index is 0.00189. The summed E-state index contributed by atoms with van der Waals surface area (Å²) in [6.07, 6.45) is 4.03. The Morgan fingerprint density at radius 3 is 2.80 bits per heavy atom. The maximum atomic E-state index is 12.8. The zero-order valence-corrected chi connectivity index (χ0v) is 14.8. The molecule has 1 atom stereocenters. The van der Waals surface area contributed by atoms with Gasteiger partial charge in [0, 0.05) is 38.2 Å². The highest BCUT2D eigenvalue weighted by atomic mass is 16.5. The monoisotopic (exact) mass is 345 g/mol.